The minimum Gasteiger partial charge on any atom is -0.381 e. The third-order valence-corrected chi connectivity index (χ3v) is 5.30. The number of carbonyl (C=O) groups excluding carboxylic acids is 1. The first-order valence-electron chi connectivity index (χ1n) is 10.6. The van der Waals surface area contributed by atoms with Crippen LogP contribution >= 0.6 is 12.4 Å². The monoisotopic (exact) mass is 434 g/mol. The summed E-state index contributed by atoms with van der Waals surface area (Å²) >= 11 is 0. The third-order valence-electron chi connectivity index (χ3n) is 5.30. The van der Waals surface area contributed by atoms with Crippen molar-refractivity contribution in [1.29, 1.82) is 5.26 Å². The standard InChI is InChI=1S/C23H34N4O2.ClH/c1-4-5-15-29-16-7-10-25-23(28)21(17-24)18-26-11-13-27(14-12-26)22-9-6-8-19(2)20(22)3;/h6,8-9,18H,4-5,7,10-16H2,1-3H3,(H,25,28);1H/b21-18-;. The molecule has 7 heteroatoms. The molecule has 6 nitrogen and oxygen atoms in total. The molecular weight excluding hydrogens is 400 g/mol. The molecule has 1 N–H and O–H groups in total. The Morgan fingerprint density at radius 1 is 1.20 bits per heavy atom. The lowest BCUT2D eigenvalue weighted by Gasteiger charge is -2.36. The van der Waals surface area contributed by atoms with Gasteiger partial charge in [0.1, 0.15) is 11.6 Å². The van der Waals surface area contributed by atoms with Gasteiger partial charge in [0.25, 0.3) is 5.91 Å². The number of amides is 1. The number of aryl methyl sites for hydroxylation is 1. The van der Waals surface area contributed by atoms with Crippen LogP contribution in [0.4, 0.5) is 5.69 Å². The van der Waals surface area contributed by atoms with Crippen molar-refractivity contribution >= 4 is 24.0 Å². The number of hydrogen-bond donors (Lipinski definition) is 1. The van der Waals surface area contributed by atoms with E-state index in [4.69, 9.17) is 4.74 Å². The van der Waals surface area contributed by atoms with E-state index in [-0.39, 0.29) is 23.9 Å². The van der Waals surface area contributed by atoms with Gasteiger partial charge in [-0.05, 0) is 43.9 Å². The number of nitrogens with one attached hydrogen (secondary N) is 1. The second-order valence-electron chi connectivity index (χ2n) is 7.47. The lowest BCUT2D eigenvalue weighted by atomic mass is 10.1. The van der Waals surface area contributed by atoms with E-state index in [2.05, 4.69) is 54.1 Å². The number of benzene rings is 1. The van der Waals surface area contributed by atoms with Gasteiger partial charge in [0.15, 0.2) is 0 Å². The molecule has 1 aromatic carbocycles. The summed E-state index contributed by atoms with van der Waals surface area (Å²) in [5.74, 6) is -0.307. The van der Waals surface area contributed by atoms with Crippen LogP contribution in [0.1, 0.15) is 37.3 Å². The Hall–Kier alpha value is -2.23. The van der Waals surface area contributed by atoms with Crippen molar-refractivity contribution < 1.29 is 9.53 Å². The first-order chi connectivity index (χ1) is 14.1. The van der Waals surface area contributed by atoms with Crippen LogP contribution < -0.4 is 10.2 Å². The highest BCUT2D eigenvalue weighted by Gasteiger charge is 2.19. The summed E-state index contributed by atoms with van der Waals surface area (Å²) in [6.45, 7) is 11.7. The van der Waals surface area contributed by atoms with Gasteiger partial charge in [-0.1, -0.05) is 25.5 Å². The van der Waals surface area contributed by atoms with Gasteiger partial charge in [0.05, 0.1) is 0 Å². The molecular formula is C23H35ClN4O2. The van der Waals surface area contributed by atoms with E-state index in [1.807, 2.05) is 6.07 Å². The van der Waals surface area contributed by atoms with E-state index >= 15 is 0 Å². The van der Waals surface area contributed by atoms with Crippen molar-refractivity contribution in [2.45, 2.75) is 40.0 Å². The Morgan fingerprint density at radius 3 is 2.57 bits per heavy atom. The van der Waals surface area contributed by atoms with E-state index in [1.165, 1.54) is 16.8 Å². The number of ether oxygens (including phenoxy) is 1. The molecule has 0 aliphatic carbocycles. The fraction of sp³-hybridized carbons (Fsp3) is 0.565. The largest absolute Gasteiger partial charge is 0.381 e. The zero-order chi connectivity index (χ0) is 21.1. The fourth-order valence-electron chi connectivity index (χ4n) is 3.31. The van der Waals surface area contributed by atoms with Crippen LogP contribution in [0.2, 0.25) is 0 Å². The van der Waals surface area contributed by atoms with Gasteiger partial charge < -0.3 is 19.9 Å². The SMILES string of the molecule is CCCCOCCCNC(=O)/C(C#N)=C\N1CCN(c2cccc(C)c2C)CC1.Cl. The maximum Gasteiger partial charge on any atom is 0.263 e. The molecule has 0 radical (unpaired) electrons. The number of nitrogens with zero attached hydrogens (tertiary/aromatic N) is 3. The Balaban J connectivity index is 0.00000450. The van der Waals surface area contributed by atoms with Gasteiger partial charge in [-0.15, -0.1) is 12.4 Å². The molecule has 0 aromatic heterocycles. The first kappa shape index (κ1) is 25.8. The molecule has 1 saturated heterocycles. The molecule has 30 heavy (non-hydrogen) atoms. The number of piperazine rings is 1. The normalized spacial score (nSPS) is 14.1. The van der Waals surface area contributed by atoms with Gasteiger partial charge >= 0.3 is 0 Å². The van der Waals surface area contributed by atoms with Crippen LogP contribution in [-0.4, -0.2) is 56.7 Å². The summed E-state index contributed by atoms with van der Waals surface area (Å²) < 4.78 is 5.48. The quantitative estimate of drug-likeness (QED) is 0.346. The highest BCUT2D eigenvalue weighted by Crippen LogP contribution is 2.24. The fourth-order valence-corrected chi connectivity index (χ4v) is 3.31. The van der Waals surface area contributed by atoms with Crippen LogP contribution in [0.25, 0.3) is 0 Å². The summed E-state index contributed by atoms with van der Waals surface area (Å²) in [4.78, 5) is 16.7. The van der Waals surface area contributed by atoms with E-state index < -0.39 is 0 Å². The summed E-state index contributed by atoms with van der Waals surface area (Å²) in [6, 6.07) is 8.43. The van der Waals surface area contributed by atoms with Crippen molar-refractivity contribution in [3.8, 4) is 6.07 Å². The second kappa shape index (κ2) is 13.9. The van der Waals surface area contributed by atoms with Crippen molar-refractivity contribution in [2.75, 3.05) is 50.8 Å². The summed E-state index contributed by atoms with van der Waals surface area (Å²) in [5.41, 5.74) is 4.04. The second-order valence-corrected chi connectivity index (χ2v) is 7.47. The number of nitriles is 1. The maximum absolute atomic E-state index is 12.3. The van der Waals surface area contributed by atoms with Crippen LogP contribution in [0.5, 0.6) is 0 Å². The predicted octanol–water partition coefficient (Wildman–Crippen LogP) is 3.58. The Bertz CT molecular complexity index is 737. The van der Waals surface area contributed by atoms with Crippen LogP contribution in [0.15, 0.2) is 30.0 Å². The molecule has 2 rings (SSSR count). The van der Waals surface area contributed by atoms with E-state index in [9.17, 15) is 10.1 Å². The number of unbranched alkanes of at least 4 members (excludes halogenated alkanes) is 1. The zero-order valence-corrected chi connectivity index (χ0v) is 19.3. The van der Waals surface area contributed by atoms with E-state index in [1.54, 1.807) is 6.20 Å². The zero-order valence-electron chi connectivity index (χ0n) is 18.4. The highest BCUT2D eigenvalue weighted by atomic mass is 35.5. The molecule has 0 spiro atoms. The number of rotatable bonds is 10. The van der Waals surface area contributed by atoms with Gasteiger partial charge in [0.2, 0.25) is 0 Å². The smallest absolute Gasteiger partial charge is 0.263 e. The molecule has 166 valence electrons. The summed E-state index contributed by atoms with van der Waals surface area (Å²) in [6.07, 6.45) is 4.63. The predicted molar refractivity (Wildman–Crippen MR) is 124 cm³/mol. The number of hydrogen-bond acceptors (Lipinski definition) is 5. The average molecular weight is 435 g/mol. The molecule has 1 aliphatic rings. The molecule has 1 heterocycles. The molecule has 0 saturated carbocycles. The molecule has 1 amide bonds. The molecule has 0 bridgehead atoms. The van der Waals surface area contributed by atoms with Gasteiger partial charge in [-0.2, -0.15) is 5.26 Å². The molecule has 0 unspecified atom stereocenters. The summed E-state index contributed by atoms with van der Waals surface area (Å²) in [7, 11) is 0. The minimum atomic E-state index is -0.307. The van der Waals surface area contributed by atoms with Crippen molar-refractivity contribution in [2.24, 2.45) is 0 Å². The Kier molecular flexibility index (Phi) is 12.0. The number of anilines is 1. The lowest BCUT2D eigenvalue weighted by Crippen LogP contribution is -2.44. The molecule has 0 atom stereocenters. The maximum atomic E-state index is 12.3. The molecule has 1 aromatic rings. The first-order valence-corrected chi connectivity index (χ1v) is 10.6. The highest BCUT2D eigenvalue weighted by molar-refractivity contribution is 5.97. The Labute approximate surface area is 187 Å². The minimum absolute atomic E-state index is 0. The number of carbonyl (C=O) groups is 1. The Morgan fingerprint density at radius 2 is 1.90 bits per heavy atom. The van der Waals surface area contributed by atoms with Crippen molar-refractivity contribution in [3.63, 3.8) is 0 Å². The van der Waals surface area contributed by atoms with E-state index in [0.717, 1.165) is 52.0 Å². The average Bonchev–Trinajstić information content (AvgIpc) is 2.73. The summed E-state index contributed by atoms with van der Waals surface area (Å²) in [5, 5.41) is 12.2. The number of halogens is 1. The van der Waals surface area contributed by atoms with Gasteiger partial charge in [-0.25, -0.2) is 0 Å². The van der Waals surface area contributed by atoms with Crippen LogP contribution in [-0.2, 0) is 9.53 Å². The van der Waals surface area contributed by atoms with Crippen molar-refractivity contribution in [1.82, 2.24) is 10.2 Å². The van der Waals surface area contributed by atoms with Crippen LogP contribution in [0.3, 0.4) is 0 Å². The third kappa shape index (κ3) is 7.89. The molecule has 1 aliphatic heterocycles. The van der Waals surface area contributed by atoms with Gasteiger partial charge in [-0.3, -0.25) is 4.79 Å². The lowest BCUT2D eigenvalue weighted by molar-refractivity contribution is -0.117. The topological polar surface area (TPSA) is 68.6 Å². The van der Waals surface area contributed by atoms with Gasteiger partial charge in [0, 0.05) is 57.8 Å². The van der Waals surface area contributed by atoms with E-state index in [0.29, 0.717) is 13.2 Å². The van der Waals surface area contributed by atoms with Crippen LogP contribution in [0, 0.1) is 25.2 Å². The molecule has 1 fully saturated rings. The van der Waals surface area contributed by atoms with Crippen molar-refractivity contribution in [3.05, 3.63) is 41.1 Å².